The number of rotatable bonds is 7. The molecule has 1 atom stereocenters. The third-order valence-electron chi connectivity index (χ3n) is 3.51. The van der Waals surface area contributed by atoms with Gasteiger partial charge < -0.3 is 9.73 Å². The summed E-state index contributed by atoms with van der Waals surface area (Å²) in [4.78, 5) is 0. The van der Waals surface area contributed by atoms with E-state index < -0.39 is 0 Å². The molecule has 0 aliphatic carbocycles. The molecule has 3 heteroatoms. The molecule has 0 saturated heterocycles. The van der Waals surface area contributed by atoms with Crippen LogP contribution in [0.5, 0.6) is 0 Å². The van der Waals surface area contributed by atoms with Crippen LogP contribution in [0.4, 0.5) is 4.39 Å². The lowest BCUT2D eigenvalue weighted by Gasteiger charge is -2.20. The molecule has 0 aliphatic rings. The average molecular weight is 275 g/mol. The SMILES string of the molecule is CCCNC(CCc1ccco1)c1ccc(F)cc1C. The van der Waals surface area contributed by atoms with Crippen molar-refractivity contribution in [2.24, 2.45) is 0 Å². The molecule has 0 amide bonds. The van der Waals surface area contributed by atoms with E-state index in [2.05, 4.69) is 12.2 Å². The van der Waals surface area contributed by atoms with Crippen LogP contribution >= 0.6 is 0 Å². The molecule has 0 aliphatic heterocycles. The van der Waals surface area contributed by atoms with Crippen molar-refractivity contribution in [3.63, 3.8) is 0 Å². The maximum Gasteiger partial charge on any atom is 0.123 e. The van der Waals surface area contributed by atoms with Gasteiger partial charge in [0.2, 0.25) is 0 Å². The van der Waals surface area contributed by atoms with Gasteiger partial charge in [0.05, 0.1) is 6.26 Å². The van der Waals surface area contributed by atoms with Gasteiger partial charge >= 0.3 is 0 Å². The van der Waals surface area contributed by atoms with Gasteiger partial charge in [-0.1, -0.05) is 13.0 Å². The highest BCUT2D eigenvalue weighted by Crippen LogP contribution is 2.23. The summed E-state index contributed by atoms with van der Waals surface area (Å²) < 4.78 is 18.6. The van der Waals surface area contributed by atoms with E-state index in [9.17, 15) is 4.39 Å². The lowest BCUT2D eigenvalue weighted by Crippen LogP contribution is -2.23. The Bertz CT molecular complexity index is 522. The van der Waals surface area contributed by atoms with Crippen LogP contribution in [-0.4, -0.2) is 6.54 Å². The summed E-state index contributed by atoms with van der Waals surface area (Å²) in [5.41, 5.74) is 2.17. The van der Waals surface area contributed by atoms with Gasteiger partial charge in [-0.05, 0) is 61.7 Å². The molecular weight excluding hydrogens is 253 g/mol. The molecule has 1 N–H and O–H groups in total. The number of aryl methyl sites for hydroxylation is 2. The van der Waals surface area contributed by atoms with Crippen molar-refractivity contribution in [1.82, 2.24) is 5.32 Å². The summed E-state index contributed by atoms with van der Waals surface area (Å²) >= 11 is 0. The zero-order valence-electron chi connectivity index (χ0n) is 12.2. The molecule has 0 saturated carbocycles. The van der Waals surface area contributed by atoms with Crippen LogP contribution in [0.2, 0.25) is 0 Å². The van der Waals surface area contributed by atoms with Crippen LogP contribution in [-0.2, 0) is 6.42 Å². The van der Waals surface area contributed by atoms with Gasteiger partial charge in [0.15, 0.2) is 0 Å². The quantitative estimate of drug-likeness (QED) is 0.810. The molecule has 108 valence electrons. The number of benzene rings is 1. The van der Waals surface area contributed by atoms with Crippen molar-refractivity contribution in [2.75, 3.05) is 6.54 Å². The summed E-state index contributed by atoms with van der Waals surface area (Å²) in [5.74, 6) is 0.819. The van der Waals surface area contributed by atoms with Crippen molar-refractivity contribution in [1.29, 1.82) is 0 Å². The lowest BCUT2D eigenvalue weighted by atomic mass is 9.96. The van der Waals surface area contributed by atoms with Gasteiger partial charge in [-0.25, -0.2) is 4.39 Å². The molecule has 1 aromatic heterocycles. The summed E-state index contributed by atoms with van der Waals surface area (Å²) in [6.07, 6.45) is 4.61. The molecule has 0 spiro atoms. The average Bonchev–Trinajstić information content (AvgIpc) is 2.93. The van der Waals surface area contributed by atoms with Crippen LogP contribution in [0, 0.1) is 12.7 Å². The third-order valence-corrected chi connectivity index (χ3v) is 3.51. The van der Waals surface area contributed by atoms with Gasteiger partial charge in [0.1, 0.15) is 11.6 Å². The molecule has 2 aromatic rings. The van der Waals surface area contributed by atoms with Gasteiger partial charge in [0.25, 0.3) is 0 Å². The van der Waals surface area contributed by atoms with Gasteiger partial charge in [-0.2, -0.15) is 0 Å². The molecule has 0 fully saturated rings. The number of halogens is 1. The van der Waals surface area contributed by atoms with Gasteiger partial charge in [0, 0.05) is 12.5 Å². The first kappa shape index (κ1) is 14.8. The molecule has 1 heterocycles. The van der Waals surface area contributed by atoms with Crippen molar-refractivity contribution >= 4 is 0 Å². The fourth-order valence-electron chi connectivity index (χ4n) is 2.46. The minimum Gasteiger partial charge on any atom is -0.469 e. The Kier molecular flexibility index (Phi) is 5.36. The monoisotopic (exact) mass is 275 g/mol. The highest BCUT2D eigenvalue weighted by Gasteiger charge is 2.14. The van der Waals surface area contributed by atoms with E-state index in [1.807, 2.05) is 25.1 Å². The van der Waals surface area contributed by atoms with E-state index in [-0.39, 0.29) is 11.9 Å². The standard InChI is InChI=1S/C17H22FNO/c1-3-10-19-17(9-7-15-5-4-11-20-15)16-8-6-14(18)12-13(16)2/h4-6,8,11-12,17,19H,3,7,9-10H2,1-2H3. The van der Waals surface area contributed by atoms with Crippen molar-refractivity contribution in [3.8, 4) is 0 Å². The summed E-state index contributed by atoms with van der Waals surface area (Å²) in [5, 5.41) is 3.54. The third kappa shape index (κ3) is 3.94. The van der Waals surface area contributed by atoms with Gasteiger partial charge in [-0.15, -0.1) is 0 Å². The van der Waals surface area contributed by atoms with E-state index in [1.54, 1.807) is 12.3 Å². The molecule has 2 rings (SSSR count). The smallest absolute Gasteiger partial charge is 0.123 e. The molecule has 20 heavy (non-hydrogen) atoms. The Morgan fingerprint density at radius 3 is 2.80 bits per heavy atom. The molecule has 1 aromatic carbocycles. The molecule has 2 nitrogen and oxygen atoms in total. The van der Waals surface area contributed by atoms with E-state index >= 15 is 0 Å². The second kappa shape index (κ2) is 7.25. The minimum absolute atomic E-state index is 0.175. The van der Waals surface area contributed by atoms with Crippen LogP contribution in [0.15, 0.2) is 41.0 Å². The highest BCUT2D eigenvalue weighted by atomic mass is 19.1. The molecule has 0 bridgehead atoms. The van der Waals surface area contributed by atoms with Crippen LogP contribution in [0.25, 0.3) is 0 Å². The maximum atomic E-state index is 13.2. The van der Waals surface area contributed by atoms with E-state index in [4.69, 9.17) is 4.42 Å². The minimum atomic E-state index is -0.175. The Balaban J connectivity index is 2.09. The predicted octanol–water partition coefficient (Wildman–Crippen LogP) is 4.40. The van der Waals surface area contributed by atoms with E-state index in [0.29, 0.717) is 0 Å². The summed E-state index contributed by atoms with van der Waals surface area (Å²) in [7, 11) is 0. The van der Waals surface area contributed by atoms with E-state index in [1.165, 1.54) is 11.6 Å². The zero-order chi connectivity index (χ0) is 14.4. The largest absolute Gasteiger partial charge is 0.469 e. The number of hydrogen-bond acceptors (Lipinski definition) is 2. The van der Waals surface area contributed by atoms with Crippen LogP contribution in [0.1, 0.15) is 42.7 Å². The zero-order valence-corrected chi connectivity index (χ0v) is 12.2. The molecular formula is C17H22FNO. The van der Waals surface area contributed by atoms with E-state index in [0.717, 1.165) is 37.1 Å². The van der Waals surface area contributed by atoms with Crippen LogP contribution in [0.3, 0.4) is 0 Å². The Morgan fingerprint density at radius 1 is 1.30 bits per heavy atom. The fraction of sp³-hybridized carbons (Fsp3) is 0.412. The number of hydrogen-bond donors (Lipinski definition) is 1. The van der Waals surface area contributed by atoms with Gasteiger partial charge in [-0.3, -0.25) is 0 Å². The highest BCUT2D eigenvalue weighted by molar-refractivity contribution is 5.29. The van der Waals surface area contributed by atoms with Crippen molar-refractivity contribution in [2.45, 2.75) is 39.2 Å². The first-order valence-corrected chi connectivity index (χ1v) is 7.22. The van der Waals surface area contributed by atoms with Crippen molar-refractivity contribution in [3.05, 3.63) is 59.3 Å². The Hall–Kier alpha value is -1.61. The summed E-state index contributed by atoms with van der Waals surface area (Å²) in [6, 6.07) is 9.17. The van der Waals surface area contributed by atoms with Crippen molar-refractivity contribution < 1.29 is 8.81 Å². The number of nitrogens with one attached hydrogen (secondary N) is 1. The normalized spacial score (nSPS) is 12.6. The first-order valence-electron chi connectivity index (χ1n) is 7.22. The predicted molar refractivity (Wildman–Crippen MR) is 79.2 cm³/mol. The molecule has 1 unspecified atom stereocenters. The summed E-state index contributed by atoms with van der Waals surface area (Å²) in [6.45, 7) is 5.07. The Labute approximate surface area is 120 Å². The molecule has 0 radical (unpaired) electrons. The topological polar surface area (TPSA) is 25.2 Å². The lowest BCUT2D eigenvalue weighted by molar-refractivity contribution is 0.451. The Morgan fingerprint density at radius 2 is 2.15 bits per heavy atom. The van der Waals surface area contributed by atoms with Crippen LogP contribution < -0.4 is 5.32 Å². The first-order chi connectivity index (χ1) is 9.70. The fourth-order valence-corrected chi connectivity index (χ4v) is 2.46. The second-order valence-corrected chi connectivity index (χ2v) is 5.13. The maximum absolute atomic E-state index is 13.2. The second-order valence-electron chi connectivity index (χ2n) is 5.13. The number of furan rings is 1.